The van der Waals surface area contributed by atoms with Gasteiger partial charge in [0, 0.05) is 17.0 Å². The van der Waals surface area contributed by atoms with Crippen molar-refractivity contribution in [3.8, 4) is 0 Å². The second kappa shape index (κ2) is 5.96. The van der Waals surface area contributed by atoms with E-state index in [-0.39, 0.29) is 5.04 Å². The minimum Gasteiger partial charge on any atom is -0.411 e. The number of dihydropyridines is 1. The number of allylic oxidation sites excluding steroid dienone is 1. The average molecular weight is 308 g/mol. The van der Waals surface area contributed by atoms with Gasteiger partial charge in [-0.15, -0.1) is 11.3 Å². The van der Waals surface area contributed by atoms with E-state index in [0.29, 0.717) is 6.61 Å². The summed E-state index contributed by atoms with van der Waals surface area (Å²) in [7, 11) is -1.67. The minimum atomic E-state index is -1.67. The van der Waals surface area contributed by atoms with E-state index in [0.717, 1.165) is 13.0 Å². The third-order valence-corrected chi connectivity index (χ3v) is 9.71. The van der Waals surface area contributed by atoms with Crippen molar-refractivity contribution in [3.05, 3.63) is 28.5 Å². The van der Waals surface area contributed by atoms with Crippen LogP contribution in [0.2, 0.25) is 18.1 Å². The SMILES string of the molecule is CC(C)(C)[Si](C)(C)OCC1=NCC=C(c2cccs2)C1. The van der Waals surface area contributed by atoms with Gasteiger partial charge in [-0.3, -0.25) is 4.99 Å². The Morgan fingerprint density at radius 2 is 2.10 bits per heavy atom. The molecule has 0 spiro atoms. The van der Waals surface area contributed by atoms with Crippen LogP contribution in [0.1, 0.15) is 32.1 Å². The first-order valence-electron chi connectivity index (χ1n) is 7.19. The van der Waals surface area contributed by atoms with Gasteiger partial charge in [0.25, 0.3) is 0 Å². The summed E-state index contributed by atoms with van der Waals surface area (Å²) >= 11 is 1.80. The Hall–Kier alpha value is -0.713. The van der Waals surface area contributed by atoms with Gasteiger partial charge in [0.1, 0.15) is 0 Å². The first kappa shape index (κ1) is 15.7. The first-order valence-corrected chi connectivity index (χ1v) is 11.0. The summed E-state index contributed by atoms with van der Waals surface area (Å²) in [4.78, 5) is 5.98. The topological polar surface area (TPSA) is 21.6 Å². The standard InChI is InChI=1S/C16H25NOSSi/c1-16(2,3)20(4,5)18-12-14-11-13(8-9-17-14)15-7-6-10-19-15/h6-8,10H,9,11-12H2,1-5H3. The van der Waals surface area contributed by atoms with Crippen LogP contribution in [-0.2, 0) is 4.43 Å². The molecule has 4 heteroatoms. The van der Waals surface area contributed by atoms with Crippen LogP contribution < -0.4 is 0 Å². The van der Waals surface area contributed by atoms with E-state index >= 15 is 0 Å². The highest BCUT2D eigenvalue weighted by Gasteiger charge is 2.37. The molecule has 0 saturated carbocycles. The zero-order valence-electron chi connectivity index (χ0n) is 13.2. The van der Waals surface area contributed by atoms with Crippen LogP contribution >= 0.6 is 11.3 Å². The van der Waals surface area contributed by atoms with Gasteiger partial charge in [0.15, 0.2) is 8.32 Å². The van der Waals surface area contributed by atoms with E-state index in [4.69, 9.17) is 4.43 Å². The van der Waals surface area contributed by atoms with Crippen LogP contribution in [0.3, 0.4) is 0 Å². The van der Waals surface area contributed by atoms with E-state index in [9.17, 15) is 0 Å². The fourth-order valence-corrected chi connectivity index (χ4v) is 3.59. The Balaban J connectivity index is 1.94. The summed E-state index contributed by atoms with van der Waals surface area (Å²) in [6, 6.07) is 4.30. The van der Waals surface area contributed by atoms with Crippen molar-refractivity contribution < 1.29 is 4.43 Å². The molecule has 1 aliphatic rings. The third-order valence-electron chi connectivity index (χ3n) is 4.29. The molecule has 0 amide bonds. The largest absolute Gasteiger partial charge is 0.411 e. The van der Waals surface area contributed by atoms with E-state index in [2.05, 4.69) is 62.4 Å². The predicted molar refractivity (Wildman–Crippen MR) is 92.4 cm³/mol. The van der Waals surface area contributed by atoms with Crippen LogP contribution in [0.15, 0.2) is 28.6 Å². The molecule has 110 valence electrons. The molecule has 1 aliphatic heterocycles. The molecule has 1 aromatic heterocycles. The van der Waals surface area contributed by atoms with Gasteiger partial charge in [0.05, 0.1) is 13.2 Å². The summed E-state index contributed by atoms with van der Waals surface area (Å²) in [6.07, 6.45) is 3.18. The predicted octanol–water partition coefficient (Wildman–Crippen LogP) is 5.00. The molecule has 0 radical (unpaired) electrons. The van der Waals surface area contributed by atoms with Gasteiger partial charge >= 0.3 is 0 Å². The smallest absolute Gasteiger partial charge is 0.192 e. The van der Waals surface area contributed by atoms with Crippen molar-refractivity contribution in [2.24, 2.45) is 4.99 Å². The van der Waals surface area contributed by atoms with Crippen molar-refractivity contribution in [2.45, 2.75) is 45.3 Å². The van der Waals surface area contributed by atoms with E-state index in [1.165, 1.54) is 16.2 Å². The average Bonchev–Trinajstić information content (AvgIpc) is 2.89. The van der Waals surface area contributed by atoms with Gasteiger partial charge < -0.3 is 4.43 Å². The van der Waals surface area contributed by atoms with Gasteiger partial charge in [0.2, 0.25) is 0 Å². The molecule has 0 unspecified atom stereocenters. The Kier molecular flexibility index (Phi) is 4.67. The van der Waals surface area contributed by atoms with Gasteiger partial charge in [-0.1, -0.05) is 32.9 Å². The van der Waals surface area contributed by atoms with Gasteiger partial charge in [-0.2, -0.15) is 0 Å². The number of hydrogen-bond donors (Lipinski definition) is 0. The van der Waals surface area contributed by atoms with Crippen molar-refractivity contribution in [3.63, 3.8) is 0 Å². The molecule has 0 fully saturated rings. The number of rotatable bonds is 4. The van der Waals surface area contributed by atoms with E-state index < -0.39 is 8.32 Å². The Morgan fingerprint density at radius 3 is 2.70 bits per heavy atom. The lowest BCUT2D eigenvalue weighted by molar-refractivity contribution is 0.338. The van der Waals surface area contributed by atoms with Crippen LogP contribution in [0, 0.1) is 0 Å². The van der Waals surface area contributed by atoms with Crippen molar-refractivity contribution >= 4 is 30.9 Å². The molecule has 20 heavy (non-hydrogen) atoms. The molecule has 0 saturated heterocycles. The second-order valence-corrected chi connectivity index (χ2v) is 12.6. The molecule has 0 N–H and O–H groups in total. The highest BCUT2D eigenvalue weighted by molar-refractivity contribution is 7.11. The summed E-state index contributed by atoms with van der Waals surface area (Å²) in [5, 5.41) is 2.39. The van der Waals surface area contributed by atoms with E-state index in [1.807, 2.05) is 0 Å². The molecular formula is C16H25NOSSi. The van der Waals surface area contributed by atoms with Gasteiger partial charge in [-0.05, 0) is 35.2 Å². The van der Waals surface area contributed by atoms with Crippen LogP contribution in [0.25, 0.3) is 5.57 Å². The maximum Gasteiger partial charge on any atom is 0.192 e. The third kappa shape index (κ3) is 3.68. The fraction of sp³-hybridized carbons (Fsp3) is 0.562. The fourth-order valence-electron chi connectivity index (χ4n) is 1.86. The minimum absolute atomic E-state index is 0.259. The van der Waals surface area contributed by atoms with E-state index in [1.54, 1.807) is 11.3 Å². The number of nitrogens with zero attached hydrogens (tertiary/aromatic N) is 1. The zero-order valence-corrected chi connectivity index (χ0v) is 15.0. The number of thiophene rings is 1. The highest BCUT2D eigenvalue weighted by atomic mass is 32.1. The van der Waals surface area contributed by atoms with Crippen LogP contribution in [-0.4, -0.2) is 27.2 Å². The maximum absolute atomic E-state index is 6.28. The Labute approximate surface area is 127 Å². The second-order valence-electron chi connectivity index (χ2n) is 6.84. The highest BCUT2D eigenvalue weighted by Crippen LogP contribution is 2.36. The van der Waals surface area contributed by atoms with Crippen molar-refractivity contribution in [1.29, 1.82) is 0 Å². The van der Waals surface area contributed by atoms with Crippen LogP contribution in [0.5, 0.6) is 0 Å². The molecule has 2 heterocycles. The lowest BCUT2D eigenvalue weighted by atomic mass is 10.0. The first-order chi connectivity index (χ1) is 9.29. The molecule has 0 atom stereocenters. The molecule has 2 rings (SSSR count). The quantitative estimate of drug-likeness (QED) is 0.717. The van der Waals surface area contributed by atoms with Crippen molar-refractivity contribution in [1.82, 2.24) is 0 Å². The summed E-state index contributed by atoms with van der Waals surface area (Å²) < 4.78 is 6.28. The van der Waals surface area contributed by atoms with Gasteiger partial charge in [-0.25, -0.2) is 0 Å². The summed E-state index contributed by atoms with van der Waals surface area (Å²) in [5.41, 5.74) is 2.60. The summed E-state index contributed by atoms with van der Waals surface area (Å²) in [5.74, 6) is 0. The van der Waals surface area contributed by atoms with Crippen LogP contribution in [0.4, 0.5) is 0 Å². The number of aliphatic imine (C=N–C) groups is 1. The molecule has 0 aliphatic carbocycles. The summed E-state index contributed by atoms with van der Waals surface area (Å²) in [6.45, 7) is 12.9. The molecular weight excluding hydrogens is 282 g/mol. The molecule has 1 aromatic rings. The maximum atomic E-state index is 6.28. The molecule has 0 aromatic carbocycles. The lowest BCUT2D eigenvalue weighted by Gasteiger charge is -2.36. The monoisotopic (exact) mass is 307 g/mol. The molecule has 2 nitrogen and oxygen atoms in total. The zero-order chi connectivity index (χ0) is 14.8. The number of hydrogen-bond acceptors (Lipinski definition) is 3. The molecule has 0 bridgehead atoms. The van der Waals surface area contributed by atoms with Crippen molar-refractivity contribution in [2.75, 3.05) is 13.2 Å². The Morgan fingerprint density at radius 1 is 1.35 bits per heavy atom. The lowest BCUT2D eigenvalue weighted by Crippen LogP contribution is -2.42. The Bertz CT molecular complexity index is 509. The normalized spacial score (nSPS) is 16.9.